The van der Waals surface area contributed by atoms with Crippen LogP contribution >= 0.6 is 34.6 Å². The first kappa shape index (κ1) is 12.1. The molecule has 0 saturated heterocycles. The molecule has 1 nitrogen and oxygen atoms in total. The van der Waals surface area contributed by atoms with Crippen molar-refractivity contribution in [3.63, 3.8) is 0 Å². The summed E-state index contributed by atoms with van der Waals surface area (Å²) in [4.78, 5) is 1.26. The van der Waals surface area contributed by atoms with Crippen LogP contribution in [0.2, 0.25) is 0 Å². The minimum atomic E-state index is 0.236. The molecule has 0 fully saturated rings. The van der Waals surface area contributed by atoms with Gasteiger partial charge >= 0.3 is 0 Å². The van der Waals surface area contributed by atoms with Crippen molar-refractivity contribution in [1.82, 2.24) is 4.31 Å². The highest BCUT2D eigenvalue weighted by Crippen LogP contribution is 2.32. The SMILES string of the molecule is CCCS1=CCN(Sc2ccccc2)C1=S. The van der Waals surface area contributed by atoms with Crippen LogP contribution in [0.5, 0.6) is 0 Å². The molecule has 0 saturated carbocycles. The predicted molar refractivity (Wildman–Crippen MR) is 80.4 cm³/mol. The monoisotopic (exact) mass is 269 g/mol. The van der Waals surface area contributed by atoms with Crippen LogP contribution in [0.1, 0.15) is 13.3 Å². The molecule has 0 bridgehead atoms. The van der Waals surface area contributed by atoms with Crippen molar-refractivity contribution in [2.75, 3.05) is 12.3 Å². The highest BCUT2D eigenvalue weighted by atomic mass is 32.2. The van der Waals surface area contributed by atoms with Gasteiger partial charge in [-0.25, -0.2) is 0 Å². The van der Waals surface area contributed by atoms with E-state index in [1.54, 1.807) is 11.9 Å². The first-order chi connectivity index (χ1) is 7.81. The number of benzene rings is 1. The molecular weight excluding hydrogens is 254 g/mol. The van der Waals surface area contributed by atoms with Crippen LogP contribution in [0.15, 0.2) is 35.2 Å². The van der Waals surface area contributed by atoms with E-state index in [-0.39, 0.29) is 10.5 Å². The Bertz CT molecular complexity index is 400. The van der Waals surface area contributed by atoms with Crippen LogP contribution in [0.4, 0.5) is 0 Å². The maximum atomic E-state index is 5.51. The normalized spacial score (nSPS) is 19.9. The maximum absolute atomic E-state index is 5.51. The minimum absolute atomic E-state index is 0.236. The van der Waals surface area contributed by atoms with E-state index in [4.69, 9.17) is 12.2 Å². The van der Waals surface area contributed by atoms with Gasteiger partial charge in [0.25, 0.3) is 0 Å². The standard InChI is InChI=1S/C12H15NS3/c1-2-9-16-10-8-13(12(16)14)15-11-6-4-3-5-7-11/h3-7,10H,2,8-9H2,1H3. The summed E-state index contributed by atoms with van der Waals surface area (Å²) in [7, 11) is 0.236. The van der Waals surface area contributed by atoms with Gasteiger partial charge in [-0.1, -0.05) is 37.3 Å². The summed E-state index contributed by atoms with van der Waals surface area (Å²) in [5.41, 5.74) is 0. The Labute approximate surface area is 109 Å². The first-order valence-electron chi connectivity index (χ1n) is 5.39. The molecule has 1 aliphatic rings. The Morgan fingerprint density at radius 2 is 2.12 bits per heavy atom. The second-order valence-corrected chi connectivity index (χ2v) is 7.26. The summed E-state index contributed by atoms with van der Waals surface area (Å²) in [5.74, 6) is 1.21. The van der Waals surface area contributed by atoms with Crippen molar-refractivity contribution in [1.29, 1.82) is 0 Å². The molecule has 2 rings (SSSR count). The molecule has 0 aliphatic carbocycles. The fourth-order valence-electron chi connectivity index (χ4n) is 1.51. The Balaban J connectivity index is 1.97. The summed E-state index contributed by atoms with van der Waals surface area (Å²) < 4.78 is 3.36. The van der Waals surface area contributed by atoms with Gasteiger partial charge in [0, 0.05) is 4.90 Å². The quantitative estimate of drug-likeness (QED) is 0.605. The smallest absolute Gasteiger partial charge is 0.141 e. The molecule has 0 aromatic heterocycles. The van der Waals surface area contributed by atoms with E-state index < -0.39 is 0 Å². The second kappa shape index (κ2) is 5.84. The van der Waals surface area contributed by atoms with Gasteiger partial charge in [0.2, 0.25) is 0 Å². The van der Waals surface area contributed by atoms with Gasteiger partial charge in [-0.05, 0) is 41.6 Å². The maximum Gasteiger partial charge on any atom is 0.141 e. The average molecular weight is 269 g/mol. The number of nitrogens with zero attached hydrogens (tertiary/aromatic N) is 1. The lowest BCUT2D eigenvalue weighted by atomic mass is 10.4. The molecule has 0 spiro atoms. The molecular formula is C12H15NS3. The predicted octanol–water partition coefficient (Wildman–Crippen LogP) is 3.78. The third-order valence-electron chi connectivity index (χ3n) is 2.25. The van der Waals surface area contributed by atoms with E-state index in [0.717, 1.165) is 10.9 Å². The Morgan fingerprint density at radius 1 is 1.38 bits per heavy atom. The Morgan fingerprint density at radius 3 is 2.81 bits per heavy atom. The molecule has 1 aromatic rings. The number of hydrogen-bond acceptors (Lipinski definition) is 2. The van der Waals surface area contributed by atoms with Gasteiger partial charge in [-0.3, -0.25) is 4.31 Å². The zero-order valence-electron chi connectivity index (χ0n) is 9.26. The highest BCUT2D eigenvalue weighted by molar-refractivity contribution is 8.35. The zero-order chi connectivity index (χ0) is 11.4. The van der Waals surface area contributed by atoms with E-state index in [1.807, 2.05) is 6.07 Å². The van der Waals surface area contributed by atoms with Crippen LogP contribution in [0.25, 0.3) is 0 Å². The van der Waals surface area contributed by atoms with Crippen molar-refractivity contribution < 1.29 is 0 Å². The molecule has 1 aliphatic heterocycles. The fraction of sp³-hybridized carbons (Fsp3) is 0.333. The first-order valence-corrected chi connectivity index (χ1v) is 8.02. The Hall–Kier alpha value is -0.320. The van der Waals surface area contributed by atoms with Crippen LogP contribution < -0.4 is 0 Å². The highest BCUT2D eigenvalue weighted by Gasteiger charge is 2.19. The van der Waals surface area contributed by atoms with Gasteiger partial charge in [0.05, 0.1) is 6.54 Å². The molecule has 1 unspecified atom stereocenters. The van der Waals surface area contributed by atoms with Crippen molar-refractivity contribution in [3.8, 4) is 0 Å². The van der Waals surface area contributed by atoms with Gasteiger partial charge in [0.1, 0.15) is 4.32 Å². The van der Waals surface area contributed by atoms with Gasteiger partial charge < -0.3 is 0 Å². The van der Waals surface area contributed by atoms with E-state index in [1.165, 1.54) is 17.1 Å². The van der Waals surface area contributed by atoms with Gasteiger partial charge in [0.15, 0.2) is 0 Å². The summed E-state index contributed by atoms with van der Waals surface area (Å²) in [6.07, 6.45) is 1.21. The second-order valence-electron chi connectivity index (χ2n) is 3.53. The molecule has 1 atom stereocenters. The molecule has 4 heteroatoms. The molecule has 0 N–H and O–H groups in total. The summed E-state index contributed by atoms with van der Waals surface area (Å²) in [6.45, 7) is 3.21. The van der Waals surface area contributed by atoms with E-state index in [0.29, 0.717) is 0 Å². The van der Waals surface area contributed by atoms with Crippen LogP contribution in [-0.4, -0.2) is 26.3 Å². The lowest BCUT2D eigenvalue weighted by Crippen LogP contribution is -2.16. The molecule has 16 heavy (non-hydrogen) atoms. The zero-order valence-corrected chi connectivity index (χ0v) is 11.7. The number of thiocarbonyl (C=S) groups is 1. The van der Waals surface area contributed by atoms with Crippen LogP contribution in [0.3, 0.4) is 0 Å². The molecule has 0 amide bonds. The summed E-state index contributed by atoms with van der Waals surface area (Å²) in [6, 6.07) is 10.4. The van der Waals surface area contributed by atoms with Gasteiger partial charge in [-0.2, -0.15) is 0 Å². The summed E-state index contributed by atoms with van der Waals surface area (Å²) >= 11 is 7.27. The molecule has 86 valence electrons. The van der Waals surface area contributed by atoms with Gasteiger partial charge in [-0.15, -0.1) is 10.5 Å². The average Bonchev–Trinajstić information content (AvgIpc) is 2.64. The van der Waals surface area contributed by atoms with E-state index >= 15 is 0 Å². The number of rotatable bonds is 4. The van der Waals surface area contributed by atoms with Crippen molar-refractivity contribution in [3.05, 3.63) is 30.3 Å². The van der Waals surface area contributed by atoms with Crippen molar-refractivity contribution in [2.24, 2.45) is 0 Å². The topological polar surface area (TPSA) is 3.24 Å². The number of hydrogen-bond donors (Lipinski definition) is 0. The van der Waals surface area contributed by atoms with Crippen LogP contribution in [0, 0.1) is 0 Å². The lowest BCUT2D eigenvalue weighted by molar-refractivity contribution is 0.830. The third kappa shape index (κ3) is 2.87. The van der Waals surface area contributed by atoms with Crippen molar-refractivity contribution >= 4 is 44.3 Å². The van der Waals surface area contributed by atoms with E-state index in [9.17, 15) is 0 Å². The fourth-order valence-corrected chi connectivity index (χ4v) is 4.99. The molecule has 0 radical (unpaired) electrons. The molecule has 1 heterocycles. The largest absolute Gasteiger partial charge is 0.293 e. The lowest BCUT2D eigenvalue weighted by Gasteiger charge is -2.17. The molecule has 1 aromatic carbocycles. The van der Waals surface area contributed by atoms with Crippen LogP contribution in [-0.2, 0) is 0 Å². The summed E-state index contributed by atoms with van der Waals surface area (Å²) in [5, 5.41) is 2.36. The van der Waals surface area contributed by atoms with E-state index in [2.05, 4.69) is 40.9 Å². The Kier molecular flexibility index (Phi) is 4.44. The minimum Gasteiger partial charge on any atom is -0.293 e. The van der Waals surface area contributed by atoms with Crippen molar-refractivity contribution in [2.45, 2.75) is 18.2 Å². The third-order valence-corrected chi connectivity index (χ3v) is 6.45.